The van der Waals surface area contributed by atoms with Crippen LogP contribution in [0.5, 0.6) is 0 Å². The van der Waals surface area contributed by atoms with Gasteiger partial charge in [-0.1, -0.05) is 38.8 Å². The molecule has 1 amide bonds. The van der Waals surface area contributed by atoms with E-state index >= 15 is 0 Å². The largest absolute Gasteiger partial charge is 0.458 e. The van der Waals surface area contributed by atoms with Crippen LogP contribution in [0.1, 0.15) is 80.4 Å². The van der Waals surface area contributed by atoms with Gasteiger partial charge in [-0.3, -0.25) is 19.4 Å². The number of hydrogen-bond acceptors (Lipinski definition) is 14. The van der Waals surface area contributed by atoms with Gasteiger partial charge in [-0.25, -0.2) is 4.79 Å². The number of ether oxygens (including phenoxy) is 5. The zero-order valence-corrected chi connectivity index (χ0v) is 33.9. The van der Waals surface area contributed by atoms with Crippen molar-refractivity contribution in [1.82, 2.24) is 20.4 Å². The molecule has 15 nitrogen and oxygen atoms in total. The number of likely N-dealkylation sites (N-methyl/N-ethyl adjacent to an activating group) is 1. The number of cyclic esters (lactones) is 1. The van der Waals surface area contributed by atoms with E-state index in [0.29, 0.717) is 12.1 Å². The van der Waals surface area contributed by atoms with Crippen molar-refractivity contribution in [3.05, 3.63) is 36.4 Å². The summed E-state index contributed by atoms with van der Waals surface area (Å²) in [5.41, 5.74) is -1.47. The number of esters is 1. The molecule has 0 radical (unpaired) electrons. The molecule has 3 aliphatic heterocycles. The molecule has 13 atom stereocenters. The van der Waals surface area contributed by atoms with Crippen LogP contribution < -0.4 is 5.32 Å². The number of Topliss-reactive ketones (excluding diaryl/α,β-unsaturated/α-hetero) is 2. The number of pyridine rings is 1. The first-order valence-electron chi connectivity index (χ1n) is 19.3. The SMILES string of the molecule is CC[C@H]1OC(=O)[C@H](C)C(=O)[C@H](C)[C@@H](O[C@@H]2O[C@H](C)C[C@H](N(C)C)[C@H]2O)[C@@](C)(OCC#Cc2cc(-c3ccncc3)no2)C[C@@H](C)C(=O)[C@H](C)[C@H]2NC(=O)O[C@@]21C. The van der Waals surface area contributed by atoms with Crippen LogP contribution in [0.2, 0.25) is 0 Å². The van der Waals surface area contributed by atoms with E-state index in [1.807, 2.05) is 25.9 Å². The second-order valence-corrected chi connectivity index (χ2v) is 16.1. The topological polar surface area (TPSA) is 189 Å². The maximum Gasteiger partial charge on any atom is 0.408 e. The van der Waals surface area contributed by atoms with Crippen molar-refractivity contribution in [2.45, 2.75) is 129 Å². The molecule has 2 aromatic rings. The lowest BCUT2D eigenvalue weighted by Gasteiger charge is -2.47. The van der Waals surface area contributed by atoms with Crippen LogP contribution in [0.25, 0.3) is 11.3 Å². The number of aliphatic hydroxyl groups is 1. The van der Waals surface area contributed by atoms with Crippen molar-refractivity contribution >= 4 is 23.6 Å². The van der Waals surface area contributed by atoms with E-state index in [1.54, 1.807) is 72.1 Å². The Kier molecular flexibility index (Phi) is 13.4. The highest BCUT2D eigenvalue weighted by Gasteiger charge is 2.57. The van der Waals surface area contributed by atoms with Gasteiger partial charge in [-0.2, -0.15) is 0 Å². The van der Waals surface area contributed by atoms with Gasteiger partial charge in [0.25, 0.3) is 0 Å². The Morgan fingerprint density at radius 3 is 2.39 bits per heavy atom. The Balaban J connectivity index is 1.55. The van der Waals surface area contributed by atoms with E-state index in [1.165, 1.54) is 6.92 Å². The van der Waals surface area contributed by atoms with Gasteiger partial charge >= 0.3 is 12.1 Å². The fourth-order valence-corrected chi connectivity index (χ4v) is 8.44. The first-order chi connectivity index (χ1) is 26.4. The number of nitrogens with one attached hydrogen (secondary N) is 1. The lowest BCUT2D eigenvalue weighted by atomic mass is 9.73. The average Bonchev–Trinajstić information content (AvgIpc) is 3.77. The van der Waals surface area contributed by atoms with E-state index in [2.05, 4.69) is 27.3 Å². The summed E-state index contributed by atoms with van der Waals surface area (Å²) in [5, 5.41) is 18.4. The molecule has 306 valence electrons. The standard InChI is InChI=1S/C41H56N4O11/c1-11-31-41(8)35(43-39(50)55-41)24(4)32(46)22(2)21-40(7,51-18-12-13-28-20-29(44-56-28)27-14-16-42-17-15-27)36(25(5)33(47)26(6)37(49)53-31)54-38-34(48)30(45(9)10)19-23(3)52-38/h14-17,20,22-26,30-31,34-36,38,48H,11,18-19,21H2,1-10H3,(H,43,50)/t22-,23-,24+,25+,26-,30+,31-,34-,35-,36-,38+,40+,41-/m1/s1. The molecule has 0 unspecified atom stereocenters. The molecule has 2 N–H and O–H groups in total. The zero-order chi connectivity index (χ0) is 41.1. The fourth-order valence-electron chi connectivity index (χ4n) is 8.44. The van der Waals surface area contributed by atoms with Crippen molar-refractivity contribution in [3.8, 4) is 23.1 Å². The van der Waals surface area contributed by atoms with E-state index in [0.717, 1.165) is 5.56 Å². The third-order valence-electron chi connectivity index (χ3n) is 11.6. The van der Waals surface area contributed by atoms with Crippen LogP contribution in [0.4, 0.5) is 4.79 Å². The number of rotatable bonds is 7. The van der Waals surface area contributed by atoms with Crippen LogP contribution >= 0.6 is 0 Å². The van der Waals surface area contributed by atoms with Gasteiger partial charge in [0.2, 0.25) is 5.76 Å². The van der Waals surface area contributed by atoms with Gasteiger partial charge in [0.1, 0.15) is 36.2 Å². The minimum atomic E-state index is -1.45. The fraction of sp³-hybridized carbons (Fsp3) is 0.659. The Morgan fingerprint density at radius 1 is 1.04 bits per heavy atom. The highest BCUT2D eigenvalue weighted by Crippen LogP contribution is 2.40. The minimum Gasteiger partial charge on any atom is -0.458 e. The highest BCUT2D eigenvalue weighted by atomic mass is 16.7. The summed E-state index contributed by atoms with van der Waals surface area (Å²) in [5.74, 6) is 0.793. The van der Waals surface area contributed by atoms with Gasteiger partial charge < -0.3 is 43.5 Å². The maximum atomic E-state index is 14.4. The predicted molar refractivity (Wildman–Crippen MR) is 202 cm³/mol. The van der Waals surface area contributed by atoms with Gasteiger partial charge in [0.05, 0.1) is 23.9 Å². The lowest BCUT2D eigenvalue weighted by molar-refractivity contribution is -0.296. The predicted octanol–water partition coefficient (Wildman–Crippen LogP) is 3.95. The van der Waals surface area contributed by atoms with Crippen LogP contribution in [0.15, 0.2) is 35.1 Å². The maximum absolute atomic E-state index is 14.4. The Hall–Kier alpha value is -4.20. The van der Waals surface area contributed by atoms with Gasteiger partial charge in [0, 0.05) is 47.8 Å². The molecule has 3 saturated heterocycles. The molecular weight excluding hydrogens is 724 g/mol. The van der Waals surface area contributed by atoms with Gasteiger partial charge in [0.15, 0.2) is 17.7 Å². The number of alkyl carbamates (subject to hydrolysis) is 1. The van der Waals surface area contributed by atoms with E-state index < -0.39 is 83.4 Å². The second-order valence-electron chi connectivity index (χ2n) is 16.1. The molecule has 3 fully saturated rings. The van der Waals surface area contributed by atoms with Crippen LogP contribution in [0, 0.1) is 35.5 Å². The smallest absolute Gasteiger partial charge is 0.408 e. The summed E-state index contributed by atoms with van der Waals surface area (Å²) in [6.07, 6.45) is -1.38. The number of fused-ring (bicyclic) bond motifs is 1. The van der Waals surface area contributed by atoms with Crippen LogP contribution in [0.3, 0.4) is 0 Å². The first kappa shape index (κ1) is 42.9. The second kappa shape index (κ2) is 17.5. The molecule has 3 aliphatic rings. The molecule has 0 bridgehead atoms. The van der Waals surface area contributed by atoms with Crippen LogP contribution in [-0.2, 0) is 38.1 Å². The normalized spacial score (nSPS) is 37.1. The Morgan fingerprint density at radius 2 is 1.73 bits per heavy atom. The molecule has 0 spiro atoms. The Labute approximate surface area is 328 Å². The first-order valence-corrected chi connectivity index (χ1v) is 19.3. The van der Waals surface area contributed by atoms with Crippen molar-refractivity contribution < 1.29 is 52.5 Å². The summed E-state index contributed by atoms with van der Waals surface area (Å²) < 4.78 is 36.6. The number of nitrogens with zero attached hydrogens (tertiary/aromatic N) is 3. The third kappa shape index (κ3) is 9.00. The molecule has 5 heterocycles. The summed E-state index contributed by atoms with van der Waals surface area (Å²) in [4.78, 5) is 61.2. The monoisotopic (exact) mass is 780 g/mol. The van der Waals surface area contributed by atoms with Crippen molar-refractivity contribution in [2.75, 3.05) is 20.7 Å². The summed E-state index contributed by atoms with van der Waals surface area (Å²) in [6, 6.07) is 4.10. The molecule has 2 aromatic heterocycles. The molecule has 0 saturated carbocycles. The Bertz CT molecular complexity index is 1790. The lowest BCUT2D eigenvalue weighted by Crippen LogP contribution is -2.60. The van der Waals surface area contributed by atoms with Crippen molar-refractivity contribution in [1.29, 1.82) is 0 Å². The molecule has 15 heteroatoms. The van der Waals surface area contributed by atoms with E-state index in [4.69, 9.17) is 28.2 Å². The zero-order valence-electron chi connectivity index (χ0n) is 33.9. The number of amides is 1. The van der Waals surface area contributed by atoms with E-state index in [-0.39, 0.29) is 43.1 Å². The quantitative estimate of drug-likeness (QED) is 0.234. The van der Waals surface area contributed by atoms with E-state index in [9.17, 15) is 24.3 Å². The summed E-state index contributed by atoms with van der Waals surface area (Å²) >= 11 is 0. The number of ketones is 2. The number of carbonyl (C=O) groups is 4. The van der Waals surface area contributed by atoms with Gasteiger partial charge in [-0.15, -0.1) is 0 Å². The highest BCUT2D eigenvalue weighted by molar-refractivity contribution is 6.00. The van der Waals surface area contributed by atoms with Crippen molar-refractivity contribution in [2.24, 2.45) is 23.7 Å². The molecular formula is C41H56N4O11. The van der Waals surface area contributed by atoms with Crippen molar-refractivity contribution in [3.63, 3.8) is 0 Å². The summed E-state index contributed by atoms with van der Waals surface area (Å²) in [6.45, 7) is 13.4. The van der Waals surface area contributed by atoms with Gasteiger partial charge in [-0.05, 0) is 79.1 Å². The number of aromatic nitrogens is 2. The summed E-state index contributed by atoms with van der Waals surface area (Å²) in [7, 11) is 3.70. The molecule has 56 heavy (non-hydrogen) atoms. The minimum absolute atomic E-state index is 0.0262. The molecule has 0 aromatic carbocycles. The number of aliphatic hydroxyl groups excluding tert-OH is 1. The third-order valence-corrected chi connectivity index (χ3v) is 11.6. The molecule has 0 aliphatic carbocycles. The average molecular weight is 781 g/mol. The number of carbonyl (C=O) groups excluding carboxylic acids is 4. The number of hydrogen-bond donors (Lipinski definition) is 2. The molecule has 5 rings (SSSR count). The van der Waals surface area contributed by atoms with Crippen LogP contribution in [-0.4, -0.2) is 118 Å².